The number of anilines is 1. The van der Waals surface area contributed by atoms with Crippen molar-refractivity contribution in [2.24, 2.45) is 0 Å². The molecule has 7 nitrogen and oxygen atoms in total. The molecule has 1 N–H and O–H groups in total. The molecule has 3 aromatic rings. The molecule has 2 aromatic heterocycles. The third-order valence-corrected chi connectivity index (χ3v) is 6.63. The van der Waals surface area contributed by atoms with Crippen molar-refractivity contribution in [2.75, 3.05) is 25.4 Å². The van der Waals surface area contributed by atoms with E-state index in [0.717, 1.165) is 40.8 Å². The van der Waals surface area contributed by atoms with E-state index < -0.39 is 10.0 Å². The van der Waals surface area contributed by atoms with E-state index in [0.29, 0.717) is 5.69 Å². The maximum Gasteiger partial charge on any atom is 0.273 e. The fourth-order valence-electron chi connectivity index (χ4n) is 2.71. The second-order valence-electron chi connectivity index (χ2n) is 6.25. The van der Waals surface area contributed by atoms with Gasteiger partial charge in [0.15, 0.2) is 4.21 Å². The lowest BCUT2D eigenvalue weighted by Gasteiger charge is -2.09. The van der Waals surface area contributed by atoms with Gasteiger partial charge in [0.05, 0.1) is 17.2 Å². The Balaban J connectivity index is 2.01. The molecule has 0 aliphatic carbocycles. The first-order valence-corrected chi connectivity index (χ1v) is 10.3. The Kier molecular flexibility index (Phi) is 5.12. The number of fused-ring (bicyclic) bond motifs is 1. The second-order valence-corrected chi connectivity index (χ2v) is 9.05. The fraction of sp³-hybridized carbons (Fsp3) is 0.294. The van der Waals surface area contributed by atoms with E-state index in [1.807, 2.05) is 20.3 Å². The number of nitrogens with one attached hydrogen (secondary N) is 1. The van der Waals surface area contributed by atoms with Gasteiger partial charge >= 0.3 is 0 Å². The summed E-state index contributed by atoms with van der Waals surface area (Å²) in [5.74, 6) is -0.0795. The minimum absolute atomic E-state index is 0.0795. The van der Waals surface area contributed by atoms with Crippen LogP contribution in [-0.4, -0.2) is 49.4 Å². The van der Waals surface area contributed by atoms with Gasteiger partial charge in [-0.2, -0.15) is 0 Å². The van der Waals surface area contributed by atoms with Crippen LogP contribution in [0.2, 0.25) is 0 Å². The van der Waals surface area contributed by atoms with Crippen molar-refractivity contribution in [3.05, 3.63) is 41.7 Å². The predicted molar refractivity (Wildman–Crippen MR) is 103 cm³/mol. The Labute approximate surface area is 156 Å². The van der Waals surface area contributed by atoms with Crippen LogP contribution in [0, 0.1) is 0 Å². The summed E-state index contributed by atoms with van der Waals surface area (Å²) in [7, 11) is 0.307. The summed E-state index contributed by atoms with van der Waals surface area (Å²) >= 11 is 1.06. The Morgan fingerprint density at radius 2 is 2.12 bits per heavy atom. The van der Waals surface area contributed by atoms with Crippen LogP contribution < -0.4 is 4.72 Å². The summed E-state index contributed by atoms with van der Waals surface area (Å²) in [5.41, 5.74) is 3.71. The highest BCUT2D eigenvalue weighted by Gasteiger charge is 2.18. The lowest BCUT2D eigenvalue weighted by atomic mass is 10.1. The average Bonchev–Trinajstić information content (AvgIpc) is 3.21. The lowest BCUT2D eigenvalue weighted by molar-refractivity contribution is 0.0941. The number of hydrogen-bond donors (Lipinski definition) is 1. The largest absolute Gasteiger partial charge is 0.309 e. The third-order valence-electron chi connectivity index (χ3n) is 3.98. The van der Waals surface area contributed by atoms with E-state index >= 15 is 0 Å². The molecule has 0 aliphatic rings. The van der Waals surface area contributed by atoms with Gasteiger partial charge in [0.2, 0.25) is 5.91 Å². The van der Waals surface area contributed by atoms with Crippen LogP contribution in [0.15, 0.2) is 40.3 Å². The molecule has 0 radical (unpaired) electrons. The van der Waals surface area contributed by atoms with Crippen LogP contribution in [-0.2, 0) is 16.4 Å². The monoisotopic (exact) mass is 392 g/mol. The molecule has 2 heterocycles. The standard InChI is InChI=1S/C17H20N4O3S2/c1-12(22)21-10-13(6-7-20(2)3)15-8-14(4-5-16(15)21)19-26(23,24)17-9-18-11-25-17/h4-5,8-11,19H,6-7H2,1-3H3. The van der Waals surface area contributed by atoms with Crippen LogP contribution >= 0.6 is 11.3 Å². The molecular formula is C17H20N4O3S2. The smallest absolute Gasteiger partial charge is 0.273 e. The van der Waals surface area contributed by atoms with Crippen molar-refractivity contribution in [1.29, 1.82) is 0 Å². The highest BCUT2D eigenvalue weighted by atomic mass is 32.2. The van der Waals surface area contributed by atoms with Crippen LogP contribution in [0.4, 0.5) is 5.69 Å². The van der Waals surface area contributed by atoms with Gasteiger partial charge in [0, 0.05) is 30.7 Å². The van der Waals surface area contributed by atoms with Crippen LogP contribution in [0.3, 0.4) is 0 Å². The molecule has 138 valence electrons. The summed E-state index contributed by atoms with van der Waals surface area (Å²) in [4.78, 5) is 17.8. The molecule has 0 amide bonds. The number of rotatable bonds is 6. The number of aromatic nitrogens is 2. The van der Waals surface area contributed by atoms with Gasteiger partial charge in [-0.05, 0) is 44.3 Å². The highest BCUT2D eigenvalue weighted by Crippen LogP contribution is 2.27. The van der Waals surface area contributed by atoms with Crippen molar-refractivity contribution >= 4 is 43.9 Å². The molecule has 0 bridgehead atoms. The average molecular weight is 393 g/mol. The Morgan fingerprint density at radius 3 is 2.73 bits per heavy atom. The molecule has 0 aliphatic heterocycles. The SMILES string of the molecule is CC(=O)n1cc(CCN(C)C)c2cc(NS(=O)(=O)c3cncs3)ccc21. The van der Waals surface area contributed by atoms with Crippen LogP contribution in [0.5, 0.6) is 0 Å². The van der Waals surface area contributed by atoms with E-state index in [9.17, 15) is 13.2 Å². The van der Waals surface area contributed by atoms with Gasteiger partial charge in [-0.3, -0.25) is 19.1 Å². The number of likely N-dealkylation sites (N-methyl/N-ethyl adjacent to an activating group) is 1. The maximum absolute atomic E-state index is 12.4. The minimum Gasteiger partial charge on any atom is -0.309 e. The molecule has 0 unspecified atom stereocenters. The third kappa shape index (κ3) is 3.79. The number of thiazole rings is 1. The number of hydrogen-bond acceptors (Lipinski definition) is 6. The van der Waals surface area contributed by atoms with Crippen molar-refractivity contribution in [2.45, 2.75) is 17.6 Å². The van der Waals surface area contributed by atoms with E-state index in [-0.39, 0.29) is 10.1 Å². The number of carbonyl (C=O) groups excluding carboxylic acids is 1. The zero-order chi connectivity index (χ0) is 18.9. The molecule has 1 aromatic carbocycles. The predicted octanol–water partition coefficient (Wildman–Crippen LogP) is 2.66. The van der Waals surface area contributed by atoms with Crippen molar-refractivity contribution in [3.8, 4) is 0 Å². The number of nitrogens with zero attached hydrogens (tertiary/aromatic N) is 3. The molecule has 0 saturated carbocycles. The van der Waals surface area contributed by atoms with Gasteiger partial charge in [0.1, 0.15) is 0 Å². The molecule has 3 rings (SSSR count). The molecule has 0 spiro atoms. The summed E-state index contributed by atoms with van der Waals surface area (Å²) < 4.78 is 29.2. The first kappa shape index (κ1) is 18.6. The lowest BCUT2D eigenvalue weighted by Crippen LogP contribution is -2.15. The molecular weight excluding hydrogens is 372 g/mol. The van der Waals surface area contributed by atoms with E-state index in [2.05, 4.69) is 14.6 Å². The number of carbonyl (C=O) groups is 1. The minimum atomic E-state index is -3.66. The van der Waals surface area contributed by atoms with Crippen molar-refractivity contribution in [3.63, 3.8) is 0 Å². The van der Waals surface area contributed by atoms with E-state index in [1.54, 1.807) is 22.8 Å². The molecule has 0 fully saturated rings. The van der Waals surface area contributed by atoms with E-state index in [4.69, 9.17) is 0 Å². The molecule has 0 atom stereocenters. The van der Waals surface area contributed by atoms with Crippen molar-refractivity contribution in [1.82, 2.24) is 14.5 Å². The van der Waals surface area contributed by atoms with Gasteiger partial charge in [-0.15, -0.1) is 11.3 Å². The zero-order valence-corrected chi connectivity index (χ0v) is 16.4. The van der Waals surface area contributed by atoms with Gasteiger partial charge in [0.25, 0.3) is 10.0 Å². The quantitative estimate of drug-likeness (QED) is 0.697. The normalized spacial score (nSPS) is 12.0. The fourth-order valence-corrected chi connectivity index (χ4v) is 4.55. The first-order chi connectivity index (χ1) is 12.3. The van der Waals surface area contributed by atoms with Gasteiger partial charge in [-0.1, -0.05) is 0 Å². The number of benzene rings is 1. The van der Waals surface area contributed by atoms with Gasteiger partial charge < -0.3 is 4.90 Å². The summed E-state index contributed by atoms with van der Waals surface area (Å²) in [6.07, 6.45) is 3.91. The topological polar surface area (TPSA) is 84.3 Å². The summed E-state index contributed by atoms with van der Waals surface area (Å²) in [6.45, 7) is 2.34. The van der Waals surface area contributed by atoms with Gasteiger partial charge in [-0.25, -0.2) is 8.42 Å². The Bertz CT molecular complexity index is 1040. The number of sulfonamides is 1. The molecule has 9 heteroatoms. The maximum atomic E-state index is 12.4. The van der Waals surface area contributed by atoms with Crippen molar-refractivity contribution < 1.29 is 13.2 Å². The van der Waals surface area contributed by atoms with Crippen LogP contribution in [0.1, 0.15) is 17.3 Å². The second kappa shape index (κ2) is 7.18. The van der Waals surface area contributed by atoms with Crippen LogP contribution in [0.25, 0.3) is 10.9 Å². The molecule has 0 saturated heterocycles. The van der Waals surface area contributed by atoms with E-state index in [1.165, 1.54) is 18.6 Å². The Hall–Kier alpha value is -2.23. The highest BCUT2D eigenvalue weighted by molar-refractivity contribution is 7.94. The summed E-state index contributed by atoms with van der Waals surface area (Å²) in [5, 5.41) is 0.867. The summed E-state index contributed by atoms with van der Waals surface area (Å²) in [6, 6.07) is 5.20. The molecule has 26 heavy (non-hydrogen) atoms. The Morgan fingerprint density at radius 1 is 1.35 bits per heavy atom. The first-order valence-electron chi connectivity index (χ1n) is 7.99. The zero-order valence-electron chi connectivity index (χ0n) is 14.8.